The van der Waals surface area contributed by atoms with Crippen LogP contribution in [0.2, 0.25) is 0 Å². The molecule has 10 aromatic rings. The van der Waals surface area contributed by atoms with E-state index in [1.165, 1.54) is 44.2 Å². The Bertz CT molecular complexity index is 2880. The summed E-state index contributed by atoms with van der Waals surface area (Å²) in [5.74, 6) is 1.92. The molecule has 55 heavy (non-hydrogen) atoms. The molecule has 0 N–H and O–H groups in total. The molecule has 4 heteroatoms. The number of nitrogens with zero attached hydrogens (tertiary/aromatic N) is 4. The Morgan fingerprint density at radius 2 is 0.745 bits per heavy atom. The van der Waals surface area contributed by atoms with Gasteiger partial charge in [-0.2, -0.15) is 0 Å². The largest absolute Gasteiger partial charge is 0.309 e. The lowest BCUT2D eigenvalue weighted by Gasteiger charge is -2.15. The summed E-state index contributed by atoms with van der Waals surface area (Å²) in [6.07, 6.45) is 0. The number of para-hydroxylation sites is 1. The van der Waals surface area contributed by atoms with Crippen molar-refractivity contribution in [3.05, 3.63) is 206 Å². The predicted octanol–water partition coefficient (Wildman–Crippen LogP) is 13.0. The highest BCUT2D eigenvalue weighted by atomic mass is 15.0. The Labute approximate surface area is 319 Å². The molecule has 10 rings (SSSR count). The summed E-state index contributed by atoms with van der Waals surface area (Å²) >= 11 is 0. The molecule has 4 nitrogen and oxygen atoms in total. The number of hydrogen-bond acceptors (Lipinski definition) is 3. The first-order valence-corrected chi connectivity index (χ1v) is 18.5. The predicted molar refractivity (Wildman–Crippen MR) is 227 cm³/mol. The van der Waals surface area contributed by atoms with Crippen LogP contribution in [0, 0.1) is 0 Å². The lowest BCUT2D eigenvalue weighted by molar-refractivity contribution is 1.07. The van der Waals surface area contributed by atoms with Gasteiger partial charge in [0.25, 0.3) is 0 Å². The van der Waals surface area contributed by atoms with E-state index in [1.54, 1.807) is 0 Å². The first-order valence-electron chi connectivity index (χ1n) is 18.5. The highest BCUT2D eigenvalue weighted by molar-refractivity contribution is 6.18. The summed E-state index contributed by atoms with van der Waals surface area (Å²) in [5.41, 5.74) is 13.3. The summed E-state index contributed by atoms with van der Waals surface area (Å²) in [6.45, 7) is 0. The van der Waals surface area contributed by atoms with E-state index in [9.17, 15) is 0 Å². The third kappa shape index (κ3) is 5.96. The van der Waals surface area contributed by atoms with Crippen molar-refractivity contribution < 1.29 is 0 Å². The van der Waals surface area contributed by atoms with Gasteiger partial charge in [-0.3, -0.25) is 0 Å². The monoisotopic (exact) mass is 702 g/mol. The molecule has 0 saturated carbocycles. The lowest BCUT2D eigenvalue weighted by Crippen LogP contribution is -2.00. The molecule has 0 aliphatic rings. The van der Waals surface area contributed by atoms with Gasteiger partial charge >= 0.3 is 0 Å². The van der Waals surface area contributed by atoms with Gasteiger partial charge in [0.2, 0.25) is 0 Å². The molecule has 258 valence electrons. The molecule has 0 saturated heterocycles. The number of hydrogen-bond donors (Lipinski definition) is 0. The quantitative estimate of drug-likeness (QED) is 0.166. The molecule has 0 aliphatic heterocycles. The summed E-state index contributed by atoms with van der Waals surface area (Å²) in [7, 11) is 0. The van der Waals surface area contributed by atoms with Crippen molar-refractivity contribution in [2.24, 2.45) is 0 Å². The van der Waals surface area contributed by atoms with Crippen LogP contribution in [-0.4, -0.2) is 19.5 Å². The van der Waals surface area contributed by atoms with Gasteiger partial charge in [0.1, 0.15) is 0 Å². The van der Waals surface area contributed by atoms with E-state index in [1.807, 2.05) is 60.7 Å². The zero-order valence-corrected chi connectivity index (χ0v) is 29.9. The van der Waals surface area contributed by atoms with Crippen LogP contribution >= 0.6 is 0 Å². The maximum Gasteiger partial charge on any atom is 0.164 e. The van der Waals surface area contributed by atoms with Gasteiger partial charge < -0.3 is 4.57 Å². The molecular formula is C51H34N4. The number of rotatable bonds is 7. The van der Waals surface area contributed by atoms with E-state index < -0.39 is 0 Å². The van der Waals surface area contributed by atoms with Gasteiger partial charge in [-0.25, -0.2) is 15.0 Å². The minimum absolute atomic E-state index is 0.632. The van der Waals surface area contributed by atoms with Crippen molar-refractivity contribution in [3.8, 4) is 73.2 Å². The van der Waals surface area contributed by atoms with Crippen LogP contribution in [-0.2, 0) is 0 Å². The first-order chi connectivity index (χ1) is 27.3. The smallest absolute Gasteiger partial charge is 0.164 e. The average molecular weight is 703 g/mol. The van der Waals surface area contributed by atoms with Crippen LogP contribution in [0.4, 0.5) is 0 Å². The van der Waals surface area contributed by atoms with Crippen LogP contribution in [0.1, 0.15) is 0 Å². The summed E-state index contributed by atoms with van der Waals surface area (Å²) in [6, 6.07) is 72.4. The van der Waals surface area contributed by atoms with Crippen LogP contribution in [0.25, 0.3) is 95.0 Å². The second-order valence-electron chi connectivity index (χ2n) is 13.6. The molecule has 0 unspecified atom stereocenters. The fourth-order valence-electron chi connectivity index (χ4n) is 7.67. The highest BCUT2D eigenvalue weighted by Gasteiger charge is 2.20. The minimum atomic E-state index is 0.632. The van der Waals surface area contributed by atoms with Crippen molar-refractivity contribution in [3.63, 3.8) is 0 Å². The second-order valence-corrected chi connectivity index (χ2v) is 13.6. The van der Waals surface area contributed by atoms with Gasteiger partial charge in [-0.05, 0) is 75.8 Å². The molecule has 0 atom stereocenters. The van der Waals surface area contributed by atoms with Crippen molar-refractivity contribution in [2.45, 2.75) is 0 Å². The zero-order chi connectivity index (χ0) is 36.6. The molecule has 2 heterocycles. The topological polar surface area (TPSA) is 43.6 Å². The molecule has 0 amide bonds. The molecule has 0 aliphatic carbocycles. The van der Waals surface area contributed by atoms with Gasteiger partial charge in [0.05, 0.1) is 11.0 Å². The lowest BCUT2D eigenvalue weighted by atomic mass is 9.89. The fraction of sp³-hybridized carbons (Fsp3) is 0. The summed E-state index contributed by atoms with van der Waals surface area (Å²) in [5, 5.41) is 2.43. The van der Waals surface area contributed by atoms with Gasteiger partial charge in [0, 0.05) is 33.2 Å². The zero-order valence-electron chi connectivity index (χ0n) is 29.9. The highest BCUT2D eigenvalue weighted by Crippen LogP contribution is 2.44. The summed E-state index contributed by atoms with van der Waals surface area (Å²) < 4.78 is 2.40. The molecular weight excluding hydrogens is 669 g/mol. The third-order valence-electron chi connectivity index (χ3n) is 10.3. The van der Waals surface area contributed by atoms with Gasteiger partial charge in [0.15, 0.2) is 17.5 Å². The molecule has 0 radical (unpaired) electrons. The Balaban J connectivity index is 1.18. The number of aromatic nitrogens is 4. The van der Waals surface area contributed by atoms with Gasteiger partial charge in [-0.1, -0.05) is 164 Å². The van der Waals surface area contributed by atoms with E-state index in [0.29, 0.717) is 17.5 Å². The Kier molecular flexibility index (Phi) is 8.12. The van der Waals surface area contributed by atoms with E-state index in [-0.39, 0.29) is 0 Å². The second kappa shape index (κ2) is 13.8. The normalized spacial score (nSPS) is 11.3. The van der Waals surface area contributed by atoms with Crippen LogP contribution in [0.3, 0.4) is 0 Å². The van der Waals surface area contributed by atoms with Gasteiger partial charge in [-0.15, -0.1) is 0 Å². The number of fused-ring (bicyclic) bond motifs is 3. The molecule has 2 aromatic heterocycles. The third-order valence-corrected chi connectivity index (χ3v) is 10.3. The average Bonchev–Trinajstić information content (AvgIpc) is 3.61. The van der Waals surface area contributed by atoms with E-state index in [4.69, 9.17) is 15.0 Å². The Hall–Kier alpha value is -7.43. The SMILES string of the molecule is c1ccc(-c2cc(-c3ccccc3-c3ccccc3)c3c4ccccc4n(-c4ccc(-c5nc(-c6ccccc6)nc(-c6ccccc6)n5)cc4)c3c2)cc1. The van der Waals surface area contributed by atoms with Crippen LogP contribution < -0.4 is 0 Å². The molecule has 0 bridgehead atoms. The van der Waals surface area contributed by atoms with E-state index >= 15 is 0 Å². The maximum absolute atomic E-state index is 4.99. The fourth-order valence-corrected chi connectivity index (χ4v) is 7.67. The van der Waals surface area contributed by atoms with E-state index in [0.717, 1.165) is 33.4 Å². The molecule has 8 aromatic carbocycles. The van der Waals surface area contributed by atoms with Crippen molar-refractivity contribution in [1.82, 2.24) is 19.5 Å². The van der Waals surface area contributed by atoms with Crippen molar-refractivity contribution in [1.29, 1.82) is 0 Å². The van der Waals surface area contributed by atoms with E-state index in [2.05, 4.69) is 150 Å². The summed E-state index contributed by atoms with van der Waals surface area (Å²) in [4.78, 5) is 14.9. The molecule has 0 fully saturated rings. The van der Waals surface area contributed by atoms with Crippen molar-refractivity contribution in [2.75, 3.05) is 0 Å². The first kappa shape index (κ1) is 32.2. The Morgan fingerprint density at radius 1 is 0.291 bits per heavy atom. The van der Waals surface area contributed by atoms with Crippen LogP contribution in [0.15, 0.2) is 206 Å². The number of benzene rings is 8. The van der Waals surface area contributed by atoms with Crippen LogP contribution in [0.5, 0.6) is 0 Å². The maximum atomic E-state index is 4.99. The molecule has 0 spiro atoms. The standard InChI is InChI=1S/C51H34N4/c1-5-17-35(18-6-1)40-33-45(43-26-14-13-25-42(43)36-19-7-2-8-20-36)48-44-27-15-16-28-46(44)55(47(48)34-40)41-31-29-39(30-32-41)51-53-49(37-21-9-3-10-22-37)52-50(54-51)38-23-11-4-12-24-38/h1-34H. The minimum Gasteiger partial charge on any atom is -0.309 e. The van der Waals surface area contributed by atoms with Crippen molar-refractivity contribution >= 4 is 21.8 Å². The Morgan fingerprint density at radius 3 is 1.33 bits per heavy atom.